The Hall–Kier alpha value is -0.880. The quantitative estimate of drug-likeness (QED) is 0.748. The second-order valence-corrected chi connectivity index (χ2v) is 7.10. The van der Waals surface area contributed by atoms with E-state index in [-0.39, 0.29) is 30.7 Å². The van der Waals surface area contributed by atoms with Crippen molar-refractivity contribution in [3.63, 3.8) is 0 Å². The molecule has 0 radical (unpaired) electrons. The average molecular weight is 425 g/mol. The highest BCUT2D eigenvalue weighted by molar-refractivity contribution is 6.33. The molecule has 2 aliphatic heterocycles. The van der Waals surface area contributed by atoms with Gasteiger partial charge in [-0.2, -0.15) is 0 Å². The summed E-state index contributed by atoms with van der Waals surface area (Å²) in [6, 6.07) is 3.86. The predicted octanol–water partition coefficient (Wildman–Crippen LogP) is 3.86. The SMILES string of the molecule is COc1cc(N)c(Cl)cc1C(=O)N1CCCC(N2CCCC2)CC1.Cl.Cl. The van der Waals surface area contributed by atoms with Crippen LogP contribution in [0.3, 0.4) is 0 Å². The van der Waals surface area contributed by atoms with Crippen LogP contribution < -0.4 is 10.5 Å². The third kappa shape index (κ3) is 5.10. The number of halogens is 3. The molecule has 0 bridgehead atoms. The molecule has 1 aromatic carbocycles. The number of hydrogen-bond donors (Lipinski definition) is 1. The van der Waals surface area contributed by atoms with Gasteiger partial charge >= 0.3 is 0 Å². The molecule has 2 aliphatic rings. The first-order valence-corrected chi connectivity index (χ1v) is 9.14. The Morgan fingerprint density at radius 2 is 1.81 bits per heavy atom. The summed E-state index contributed by atoms with van der Waals surface area (Å²) in [7, 11) is 1.55. The van der Waals surface area contributed by atoms with Gasteiger partial charge in [-0.05, 0) is 51.3 Å². The fourth-order valence-corrected chi connectivity index (χ4v) is 3.99. The Labute approximate surface area is 173 Å². The molecule has 1 amide bonds. The number of anilines is 1. The molecule has 2 N–H and O–H groups in total. The van der Waals surface area contributed by atoms with Gasteiger partial charge in [0.25, 0.3) is 5.91 Å². The van der Waals surface area contributed by atoms with Crippen molar-refractivity contribution in [1.82, 2.24) is 9.80 Å². The molecule has 3 rings (SSSR count). The zero-order valence-corrected chi connectivity index (χ0v) is 17.5. The number of methoxy groups -OCH3 is 1. The lowest BCUT2D eigenvalue weighted by atomic mass is 10.1. The fraction of sp³-hybridized carbons (Fsp3) is 0.611. The summed E-state index contributed by atoms with van der Waals surface area (Å²) < 4.78 is 5.33. The molecule has 26 heavy (non-hydrogen) atoms. The molecule has 0 aromatic heterocycles. The topological polar surface area (TPSA) is 58.8 Å². The van der Waals surface area contributed by atoms with Crippen LogP contribution in [0.2, 0.25) is 5.02 Å². The van der Waals surface area contributed by atoms with Crippen LogP contribution in [0.1, 0.15) is 42.5 Å². The van der Waals surface area contributed by atoms with Gasteiger partial charge in [-0.3, -0.25) is 4.79 Å². The maximum Gasteiger partial charge on any atom is 0.257 e. The molecule has 8 heteroatoms. The van der Waals surface area contributed by atoms with Crippen molar-refractivity contribution in [2.45, 2.75) is 38.1 Å². The van der Waals surface area contributed by atoms with Crippen LogP contribution in [-0.2, 0) is 0 Å². The van der Waals surface area contributed by atoms with Crippen molar-refractivity contribution >= 4 is 48.0 Å². The summed E-state index contributed by atoms with van der Waals surface area (Å²) in [6.07, 6.45) is 5.86. The van der Waals surface area contributed by atoms with Gasteiger partial charge in [0.15, 0.2) is 0 Å². The van der Waals surface area contributed by atoms with Gasteiger partial charge in [-0.15, -0.1) is 24.8 Å². The normalized spacial score (nSPS) is 20.7. The Morgan fingerprint density at radius 3 is 2.46 bits per heavy atom. The molecule has 1 aromatic rings. The lowest BCUT2D eigenvalue weighted by molar-refractivity contribution is 0.0754. The molecule has 1 atom stereocenters. The third-order valence-electron chi connectivity index (χ3n) is 5.19. The Morgan fingerprint density at radius 1 is 1.12 bits per heavy atom. The van der Waals surface area contributed by atoms with Crippen molar-refractivity contribution in [2.24, 2.45) is 0 Å². The number of likely N-dealkylation sites (tertiary alicyclic amines) is 2. The lowest BCUT2D eigenvalue weighted by Crippen LogP contribution is -2.35. The Kier molecular flexibility index (Phi) is 9.31. The van der Waals surface area contributed by atoms with Gasteiger partial charge in [-0.25, -0.2) is 0 Å². The predicted molar refractivity (Wildman–Crippen MR) is 111 cm³/mol. The molecule has 2 fully saturated rings. The molecule has 1 unspecified atom stereocenters. The highest BCUT2D eigenvalue weighted by Gasteiger charge is 2.28. The standard InChI is InChI=1S/C18H26ClN3O2.2ClH/c1-24-17-12-16(20)15(19)11-14(17)18(23)22-9-4-5-13(6-10-22)21-7-2-3-8-21;;/h11-13H,2-10,20H2,1H3;2*1H. The largest absolute Gasteiger partial charge is 0.496 e. The van der Waals surface area contributed by atoms with E-state index < -0.39 is 0 Å². The molecular weight excluding hydrogens is 397 g/mol. The minimum Gasteiger partial charge on any atom is -0.496 e. The van der Waals surface area contributed by atoms with E-state index in [1.54, 1.807) is 19.2 Å². The summed E-state index contributed by atoms with van der Waals surface area (Å²) in [6.45, 7) is 3.99. The summed E-state index contributed by atoms with van der Waals surface area (Å²) in [5.74, 6) is 0.470. The van der Waals surface area contributed by atoms with Crippen molar-refractivity contribution in [3.8, 4) is 5.75 Å². The fourth-order valence-electron chi connectivity index (χ4n) is 3.83. The first-order chi connectivity index (χ1) is 11.6. The number of amides is 1. The third-order valence-corrected chi connectivity index (χ3v) is 5.52. The minimum atomic E-state index is -0.0178. The van der Waals surface area contributed by atoms with E-state index in [2.05, 4.69) is 4.90 Å². The number of nitrogens with zero attached hydrogens (tertiary/aromatic N) is 2. The summed E-state index contributed by atoms with van der Waals surface area (Å²) in [5.41, 5.74) is 6.74. The Balaban J connectivity index is 0.00000169. The van der Waals surface area contributed by atoms with Gasteiger partial charge in [0, 0.05) is 25.2 Å². The van der Waals surface area contributed by atoms with Gasteiger partial charge in [-0.1, -0.05) is 11.6 Å². The van der Waals surface area contributed by atoms with Crippen LogP contribution in [0, 0.1) is 0 Å². The van der Waals surface area contributed by atoms with Gasteiger partial charge in [0.1, 0.15) is 5.75 Å². The molecule has 5 nitrogen and oxygen atoms in total. The van der Waals surface area contributed by atoms with E-state index in [4.69, 9.17) is 22.1 Å². The molecular formula is C18H28Cl3N3O2. The van der Waals surface area contributed by atoms with Gasteiger partial charge < -0.3 is 20.3 Å². The van der Waals surface area contributed by atoms with E-state index in [1.807, 2.05) is 4.90 Å². The van der Waals surface area contributed by atoms with E-state index in [1.165, 1.54) is 32.4 Å². The van der Waals surface area contributed by atoms with Crippen LogP contribution in [0.25, 0.3) is 0 Å². The smallest absolute Gasteiger partial charge is 0.257 e. The molecule has 0 saturated carbocycles. The summed E-state index contributed by atoms with van der Waals surface area (Å²) >= 11 is 6.11. The number of ether oxygens (including phenoxy) is 1. The maximum atomic E-state index is 13.0. The molecule has 0 spiro atoms. The highest BCUT2D eigenvalue weighted by Crippen LogP contribution is 2.30. The van der Waals surface area contributed by atoms with E-state index in [0.29, 0.717) is 28.1 Å². The zero-order chi connectivity index (χ0) is 17.1. The van der Waals surface area contributed by atoms with Crippen molar-refractivity contribution in [1.29, 1.82) is 0 Å². The number of hydrogen-bond acceptors (Lipinski definition) is 4. The summed E-state index contributed by atoms with van der Waals surface area (Å²) in [4.78, 5) is 17.5. The number of benzene rings is 1. The van der Waals surface area contributed by atoms with Crippen LogP contribution in [0.15, 0.2) is 12.1 Å². The highest BCUT2D eigenvalue weighted by atomic mass is 35.5. The maximum absolute atomic E-state index is 13.0. The van der Waals surface area contributed by atoms with Crippen LogP contribution >= 0.6 is 36.4 Å². The second kappa shape index (κ2) is 10.5. The number of nitrogen functional groups attached to an aromatic ring is 1. The van der Waals surface area contributed by atoms with Gasteiger partial charge in [0.05, 0.1) is 23.4 Å². The zero-order valence-electron chi connectivity index (χ0n) is 15.1. The number of nitrogens with two attached hydrogens (primary N) is 1. The van der Waals surface area contributed by atoms with Gasteiger partial charge in [0.2, 0.25) is 0 Å². The van der Waals surface area contributed by atoms with Crippen LogP contribution in [0.4, 0.5) is 5.69 Å². The molecule has 2 heterocycles. The molecule has 2 saturated heterocycles. The Bertz CT molecular complexity index is 610. The first kappa shape index (κ1) is 23.2. The van der Waals surface area contributed by atoms with Crippen molar-refractivity contribution in [3.05, 3.63) is 22.7 Å². The van der Waals surface area contributed by atoms with Crippen molar-refractivity contribution in [2.75, 3.05) is 39.0 Å². The summed E-state index contributed by atoms with van der Waals surface area (Å²) in [5, 5.41) is 0.393. The minimum absolute atomic E-state index is 0. The van der Waals surface area contributed by atoms with Crippen molar-refractivity contribution < 1.29 is 9.53 Å². The lowest BCUT2D eigenvalue weighted by Gasteiger charge is -2.26. The molecule has 0 aliphatic carbocycles. The molecule has 148 valence electrons. The van der Waals surface area contributed by atoms with E-state index >= 15 is 0 Å². The second-order valence-electron chi connectivity index (χ2n) is 6.69. The number of carbonyl (C=O) groups is 1. The van der Waals surface area contributed by atoms with Crippen LogP contribution in [0.5, 0.6) is 5.75 Å². The number of carbonyl (C=O) groups excluding carboxylic acids is 1. The van der Waals surface area contributed by atoms with E-state index in [9.17, 15) is 4.79 Å². The van der Waals surface area contributed by atoms with E-state index in [0.717, 1.165) is 25.9 Å². The number of rotatable bonds is 3. The monoisotopic (exact) mass is 423 g/mol. The average Bonchev–Trinajstić information content (AvgIpc) is 3.01. The first-order valence-electron chi connectivity index (χ1n) is 8.76. The van der Waals surface area contributed by atoms with Crippen LogP contribution in [-0.4, -0.2) is 55.0 Å².